The van der Waals surface area contributed by atoms with Crippen molar-refractivity contribution < 1.29 is 38.2 Å². The monoisotopic (exact) mass is 477 g/mol. The van der Waals surface area contributed by atoms with Gasteiger partial charge in [0.25, 0.3) is 0 Å². The zero-order valence-corrected chi connectivity index (χ0v) is 20.4. The highest BCUT2D eigenvalue weighted by Crippen LogP contribution is 2.20. The van der Waals surface area contributed by atoms with Gasteiger partial charge in [0.05, 0.1) is 13.2 Å². The Morgan fingerprint density at radius 1 is 0.853 bits per heavy atom. The number of ether oxygens (including phenoxy) is 3. The lowest BCUT2D eigenvalue weighted by molar-refractivity contribution is -0.168. The molecule has 1 aromatic carbocycles. The number of carbonyl (C=O) groups excluding carboxylic acids is 5. The molecule has 1 N–H and O–H groups in total. The van der Waals surface area contributed by atoms with Gasteiger partial charge in [0, 0.05) is 18.9 Å². The summed E-state index contributed by atoms with van der Waals surface area (Å²) in [6.07, 6.45) is 3.07. The Morgan fingerprint density at radius 3 is 1.94 bits per heavy atom. The standard InChI is InChI=1S/C25H35NO8/c1-5-8-9-10-22(29)34-17-21(28)20-13-11-19(12-14-20)15-16-25(26-18(4)27,23(30)32-6-2)24(31)33-7-3/h11-14H,5-10,15-17H2,1-4H3,(H,26,27). The van der Waals surface area contributed by atoms with Crippen LogP contribution in [0.5, 0.6) is 0 Å². The van der Waals surface area contributed by atoms with E-state index in [0.717, 1.165) is 24.8 Å². The lowest BCUT2D eigenvalue weighted by Crippen LogP contribution is -2.61. The van der Waals surface area contributed by atoms with Gasteiger partial charge in [0.15, 0.2) is 12.4 Å². The Labute approximate surface area is 200 Å². The molecule has 0 bridgehead atoms. The van der Waals surface area contributed by atoms with Crippen LogP contribution in [0, 0.1) is 0 Å². The van der Waals surface area contributed by atoms with Gasteiger partial charge in [-0.1, -0.05) is 44.0 Å². The first kappa shape index (κ1) is 28.8. The fourth-order valence-corrected chi connectivity index (χ4v) is 3.27. The van der Waals surface area contributed by atoms with E-state index >= 15 is 0 Å². The van der Waals surface area contributed by atoms with Crippen molar-refractivity contribution in [1.82, 2.24) is 5.32 Å². The summed E-state index contributed by atoms with van der Waals surface area (Å²) in [5.74, 6) is -3.09. The summed E-state index contributed by atoms with van der Waals surface area (Å²) in [6, 6.07) is 6.51. The third-order valence-corrected chi connectivity index (χ3v) is 5.05. The zero-order chi connectivity index (χ0) is 25.6. The summed E-state index contributed by atoms with van der Waals surface area (Å²) >= 11 is 0. The van der Waals surface area contributed by atoms with Crippen LogP contribution < -0.4 is 5.32 Å². The topological polar surface area (TPSA) is 125 Å². The molecule has 0 radical (unpaired) electrons. The van der Waals surface area contributed by atoms with Crippen LogP contribution in [-0.2, 0) is 39.8 Å². The van der Waals surface area contributed by atoms with Crippen molar-refractivity contribution in [3.63, 3.8) is 0 Å². The number of amides is 1. The highest BCUT2D eigenvalue weighted by atomic mass is 16.6. The first-order valence-corrected chi connectivity index (χ1v) is 11.6. The molecule has 0 spiro atoms. The largest absolute Gasteiger partial charge is 0.464 e. The van der Waals surface area contributed by atoms with E-state index in [0.29, 0.717) is 5.56 Å². The van der Waals surface area contributed by atoms with Crippen molar-refractivity contribution in [3.8, 4) is 0 Å². The molecular weight excluding hydrogens is 442 g/mol. The van der Waals surface area contributed by atoms with Crippen LogP contribution >= 0.6 is 0 Å². The predicted molar refractivity (Wildman–Crippen MR) is 124 cm³/mol. The maximum atomic E-state index is 12.7. The van der Waals surface area contributed by atoms with E-state index in [1.807, 2.05) is 6.92 Å². The lowest BCUT2D eigenvalue weighted by atomic mass is 9.90. The van der Waals surface area contributed by atoms with Crippen LogP contribution in [0.4, 0.5) is 0 Å². The minimum Gasteiger partial charge on any atom is -0.464 e. The van der Waals surface area contributed by atoms with Crippen molar-refractivity contribution in [2.45, 2.75) is 71.8 Å². The lowest BCUT2D eigenvalue weighted by Gasteiger charge is -2.29. The first-order valence-electron chi connectivity index (χ1n) is 11.6. The molecule has 1 rings (SSSR count). The molecule has 0 aromatic heterocycles. The number of esters is 3. The molecule has 0 fully saturated rings. The number of aryl methyl sites for hydroxylation is 1. The third kappa shape index (κ3) is 8.96. The molecule has 34 heavy (non-hydrogen) atoms. The van der Waals surface area contributed by atoms with Crippen LogP contribution in [0.25, 0.3) is 0 Å². The van der Waals surface area contributed by atoms with E-state index in [1.165, 1.54) is 6.92 Å². The van der Waals surface area contributed by atoms with Gasteiger partial charge in [-0.25, -0.2) is 9.59 Å². The Kier molecular flexibility index (Phi) is 12.6. The minimum absolute atomic E-state index is 0.0273. The summed E-state index contributed by atoms with van der Waals surface area (Å²) in [7, 11) is 0. The van der Waals surface area contributed by atoms with Crippen molar-refractivity contribution in [2.24, 2.45) is 0 Å². The molecule has 0 unspecified atom stereocenters. The van der Waals surface area contributed by atoms with Gasteiger partial charge in [-0.2, -0.15) is 0 Å². The number of hydrogen-bond donors (Lipinski definition) is 1. The Bertz CT molecular complexity index is 829. The molecular formula is C25H35NO8. The summed E-state index contributed by atoms with van der Waals surface area (Å²) in [5, 5.41) is 2.42. The number of benzene rings is 1. The van der Waals surface area contributed by atoms with Crippen LogP contribution in [-0.4, -0.2) is 55.0 Å². The van der Waals surface area contributed by atoms with Gasteiger partial charge in [0.1, 0.15) is 0 Å². The first-order chi connectivity index (χ1) is 16.2. The Hall–Kier alpha value is -3.23. The van der Waals surface area contributed by atoms with Crippen molar-refractivity contribution in [1.29, 1.82) is 0 Å². The second-order valence-corrected chi connectivity index (χ2v) is 7.77. The molecule has 0 saturated carbocycles. The number of unbranched alkanes of at least 4 members (excludes halogenated alkanes) is 2. The van der Waals surface area contributed by atoms with E-state index in [9.17, 15) is 24.0 Å². The highest BCUT2D eigenvalue weighted by molar-refractivity contribution is 6.07. The van der Waals surface area contributed by atoms with Crippen molar-refractivity contribution in [3.05, 3.63) is 35.4 Å². The molecule has 0 atom stereocenters. The molecule has 9 heteroatoms. The number of hydrogen-bond acceptors (Lipinski definition) is 8. The maximum Gasteiger partial charge on any atom is 0.343 e. The van der Waals surface area contributed by atoms with Gasteiger partial charge >= 0.3 is 17.9 Å². The third-order valence-electron chi connectivity index (χ3n) is 5.05. The molecule has 1 amide bonds. The fourth-order valence-electron chi connectivity index (χ4n) is 3.27. The predicted octanol–water partition coefficient (Wildman–Crippen LogP) is 2.93. The van der Waals surface area contributed by atoms with Crippen molar-refractivity contribution >= 4 is 29.6 Å². The number of ketones is 1. The van der Waals surface area contributed by atoms with Crippen LogP contribution in [0.3, 0.4) is 0 Å². The van der Waals surface area contributed by atoms with Crippen LogP contribution in [0.15, 0.2) is 24.3 Å². The molecule has 0 aliphatic carbocycles. The minimum atomic E-state index is -1.97. The second-order valence-electron chi connectivity index (χ2n) is 7.77. The van der Waals surface area contributed by atoms with Gasteiger partial charge < -0.3 is 19.5 Å². The SMILES string of the molecule is CCCCCC(=O)OCC(=O)c1ccc(CCC(NC(C)=O)(C(=O)OCC)C(=O)OCC)cc1. The fraction of sp³-hybridized carbons (Fsp3) is 0.560. The number of carbonyl (C=O) groups is 5. The average molecular weight is 478 g/mol. The summed E-state index contributed by atoms with van der Waals surface area (Å²) in [6.45, 7) is 6.15. The van der Waals surface area contributed by atoms with Gasteiger partial charge in [-0.15, -0.1) is 0 Å². The Morgan fingerprint density at radius 2 is 1.44 bits per heavy atom. The molecule has 0 aliphatic heterocycles. The summed E-state index contributed by atoms with van der Waals surface area (Å²) in [5.41, 5.74) is -0.886. The molecule has 9 nitrogen and oxygen atoms in total. The van der Waals surface area contributed by atoms with Gasteiger partial charge in [0.2, 0.25) is 11.4 Å². The summed E-state index contributed by atoms with van der Waals surface area (Å²) in [4.78, 5) is 61.1. The van der Waals surface area contributed by atoms with E-state index in [1.54, 1.807) is 38.1 Å². The van der Waals surface area contributed by atoms with Crippen LogP contribution in [0.2, 0.25) is 0 Å². The molecule has 1 aromatic rings. The smallest absolute Gasteiger partial charge is 0.343 e. The molecule has 0 aliphatic rings. The van der Waals surface area contributed by atoms with E-state index < -0.39 is 29.4 Å². The second kappa shape index (κ2) is 14.8. The molecule has 0 saturated heterocycles. The van der Waals surface area contributed by atoms with E-state index in [4.69, 9.17) is 14.2 Å². The molecule has 188 valence electrons. The maximum absolute atomic E-state index is 12.7. The Balaban J connectivity index is 2.87. The van der Waals surface area contributed by atoms with Crippen LogP contribution in [0.1, 0.15) is 75.7 Å². The zero-order valence-electron chi connectivity index (χ0n) is 20.4. The average Bonchev–Trinajstić information content (AvgIpc) is 2.80. The van der Waals surface area contributed by atoms with Gasteiger partial charge in [-0.05, 0) is 38.7 Å². The normalized spacial score (nSPS) is 10.8. The number of rotatable bonds is 15. The van der Waals surface area contributed by atoms with E-state index in [-0.39, 0.29) is 44.9 Å². The highest BCUT2D eigenvalue weighted by Gasteiger charge is 2.49. The van der Waals surface area contributed by atoms with Crippen molar-refractivity contribution in [2.75, 3.05) is 19.8 Å². The number of Topliss-reactive ketones (excluding diaryl/α,β-unsaturated/α-hetero) is 1. The van der Waals surface area contributed by atoms with Gasteiger partial charge in [-0.3, -0.25) is 14.4 Å². The summed E-state index contributed by atoms with van der Waals surface area (Å²) < 4.78 is 15.1. The molecule has 0 heterocycles. The van der Waals surface area contributed by atoms with E-state index in [2.05, 4.69) is 5.32 Å². The number of nitrogens with one attached hydrogen (secondary N) is 1. The quantitative estimate of drug-likeness (QED) is 0.134.